The second-order valence-corrected chi connectivity index (χ2v) is 5.16. The molecule has 0 aliphatic heterocycles. The summed E-state index contributed by atoms with van der Waals surface area (Å²) < 4.78 is 6.65. The number of para-hydroxylation sites is 1. The number of anilines is 1. The van der Waals surface area contributed by atoms with Gasteiger partial charge in [-0.3, -0.25) is 14.3 Å². The number of amides is 1. The molecule has 0 aliphatic rings. The van der Waals surface area contributed by atoms with Crippen LogP contribution in [0.25, 0.3) is 10.9 Å². The Balaban J connectivity index is 2.11. The zero-order valence-corrected chi connectivity index (χ0v) is 13.1. The van der Waals surface area contributed by atoms with E-state index in [0.29, 0.717) is 34.6 Å². The Hall–Kier alpha value is -2.96. The summed E-state index contributed by atoms with van der Waals surface area (Å²) in [6, 6.07) is 7.10. The third-order valence-electron chi connectivity index (χ3n) is 3.65. The molecule has 0 unspecified atom stereocenters. The van der Waals surface area contributed by atoms with Gasteiger partial charge < -0.3 is 9.84 Å². The highest BCUT2D eigenvalue weighted by Crippen LogP contribution is 2.19. The van der Waals surface area contributed by atoms with E-state index in [2.05, 4.69) is 15.6 Å². The monoisotopic (exact) mass is 312 g/mol. The number of aryl methyl sites for hydroxylation is 3. The van der Waals surface area contributed by atoms with Gasteiger partial charge in [0.15, 0.2) is 11.5 Å². The van der Waals surface area contributed by atoms with Crippen molar-refractivity contribution in [2.45, 2.75) is 27.3 Å². The Labute approximate surface area is 131 Å². The van der Waals surface area contributed by atoms with Gasteiger partial charge in [0.05, 0.1) is 5.52 Å². The Morgan fingerprint density at radius 1 is 1.30 bits per heavy atom. The quantitative estimate of drug-likeness (QED) is 0.801. The third kappa shape index (κ3) is 2.50. The second kappa shape index (κ2) is 5.68. The number of rotatable bonds is 3. The molecule has 7 heteroatoms. The lowest BCUT2D eigenvalue weighted by molar-refractivity contribution is 0.101. The largest absolute Gasteiger partial charge is 0.359 e. The van der Waals surface area contributed by atoms with Crippen molar-refractivity contribution in [3.05, 3.63) is 51.6 Å². The zero-order chi connectivity index (χ0) is 16.6. The molecule has 0 bridgehead atoms. The van der Waals surface area contributed by atoms with Crippen molar-refractivity contribution in [1.29, 1.82) is 0 Å². The molecule has 0 atom stereocenters. The molecule has 3 aromatic rings. The summed E-state index contributed by atoms with van der Waals surface area (Å²) in [6.45, 7) is 5.85. The fraction of sp³-hybridized carbons (Fsp3) is 0.250. The molecule has 0 saturated carbocycles. The summed E-state index contributed by atoms with van der Waals surface area (Å²) in [7, 11) is 0. The fourth-order valence-corrected chi connectivity index (χ4v) is 2.46. The van der Waals surface area contributed by atoms with Crippen molar-refractivity contribution >= 4 is 22.5 Å². The lowest BCUT2D eigenvalue weighted by atomic mass is 10.2. The third-order valence-corrected chi connectivity index (χ3v) is 3.65. The molecule has 0 radical (unpaired) electrons. The van der Waals surface area contributed by atoms with Crippen LogP contribution in [-0.2, 0) is 6.54 Å². The maximum Gasteiger partial charge on any atom is 0.280 e. The average molecular weight is 312 g/mol. The van der Waals surface area contributed by atoms with Crippen molar-refractivity contribution in [3.8, 4) is 0 Å². The van der Waals surface area contributed by atoms with Gasteiger partial charge in [-0.2, -0.15) is 5.10 Å². The molecule has 1 amide bonds. The summed E-state index contributed by atoms with van der Waals surface area (Å²) >= 11 is 0. The molecule has 23 heavy (non-hydrogen) atoms. The average Bonchev–Trinajstić information content (AvgIpc) is 2.87. The van der Waals surface area contributed by atoms with Gasteiger partial charge in [-0.15, -0.1) is 0 Å². The van der Waals surface area contributed by atoms with Crippen LogP contribution in [-0.4, -0.2) is 20.8 Å². The minimum absolute atomic E-state index is 0.148. The van der Waals surface area contributed by atoms with Crippen LogP contribution < -0.4 is 10.7 Å². The molecule has 118 valence electrons. The van der Waals surface area contributed by atoms with Gasteiger partial charge in [0, 0.05) is 11.9 Å². The standard InChI is InChI=1S/C16H16N4O3/c1-4-20-12-8-6-5-7-11(12)15(21)14(18-20)16(22)17-13-9(2)19-23-10(13)3/h5-8H,4H2,1-3H3,(H,17,22). The van der Waals surface area contributed by atoms with Gasteiger partial charge >= 0.3 is 0 Å². The van der Waals surface area contributed by atoms with E-state index >= 15 is 0 Å². The molecular weight excluding hydrogens is 296 g/mol. The van der Waals surface area contributed by atoms with E-state index in [1.165, 1.54) is 0 Å². The van der Waals surface area contributed by atoms with Crippen molar-refractivity contribution in [3.63, 3.8) is 0 Å². The van der Waals surface area contributed by atoms with Crippen molar-refractivity contribution in [2.75, 3.05) is 5.32 Å². The van der Waals surface area contributed by atoms with Crippen LogP contribution in [0.3, 0.4) is 0 Å². The van der Waals surface area contributed by atoms with Gasteiger partial charge in [-0.25, -0.2) is 0 Å². The Morgan fingerprint density at radius 3 is 2.70 bits per heavy atom. The van der Waals surface area contributed by atoms with Gasteiger partial charge in [0.25, 0.3) is 5.91 Å². The van der Waals surface area contributed by atoms with Crippen LogP contribution in [0.1, 0.15) is 28.9 Å². The van der Waals surface area contributed by atoms with Crippen LogP contribution in [0.4, 0.5) is 5.69 Å². The maximum atomic E-state index is 12.6. The number of carbonyl (C=O) groups is 1. The maximum absolute atomic E-state index is 12.6. The lowest BCUT2D eigenvalue weighted by Crippen LogP contribution is -2.27. The number of nitrogens with one attached hydrogen (secondary N) is 1. The fourth-order valence-electron chi connectivity index (χ4n) is 2.46. The normalized spacial score (nSPS) is 10.9. The van der Waals surface area contributed by atoms with Crippen LogP contribution in [0.2, 0.25) is 0 Å². The summed E-state index contributed by atoms with van der Waals surface area (Å²) in [5, 5.41) is 11.1. The van der Waals surface area contributed by atoms with Crippen LogP contribution in [0.15, 0.2) is 33.6 Å². The smallest absolute Gasteiger partial charge is 0.280 e. The molecule has 1 aromatic carbocycles. The summed E-state index contributed by atoms with van der Waals surface area (Å²) in [5.74, 6) is -0.0928. The van der Waals surface area contributed by atoms with Crippen molar-refractivity contribution < 1.29 is 9.32 Å². The summed E-state index contributed by atoms with van der Waals surface area (Å²) in [4.78, 5) is 25.1. The second-order valence-electron chi connectivity index (χ2n) is 5.16. The molecule has 0 spiro atoms. The molecule has 3 rings (SSSR count). The number of carbonyl (C=O) groups excluding carboxylic acids is 1. The molecule has 1 N–H and O–H groups in total. The van der Waals surface area contributed by atoms with Gasteiger partial charge in [-0.05, 0) is 32.9 Å². The van der Waals surface area contributed by atoms with Gasteiger partial charge in [-0.1, -0.05) is 17.3 Å². The molecule has 0 aliphatic carbocycles. The summed E-state index contributed by atoms with van der Waals surface area (Å²) in [6.07, 6.45) is 0. The molecule has 2 aromatic heterocycles. The van der Waals surface area contributed by atoms with Gasteiger partial charge in [0.1, 0.15) is 11.4 Å². The van der Waals surface area contributed by atoms with E-state index in [-0.39, 0.29) is 5.69 Å². The van der Waals surface area contributed by atoms with E-state index in [1.54, 1.807) is 30.7 Å². The number of fused-ring (bicyclic) bond motifs is 1. The Morgan fingerprint density at radius 2 is 2.04 bits per heavy atom. The van der Waals surface area contributed by atoms with Crippen LogP contribution in [0.5, 0.6) is 0 Å². The predicted molar refractivity (Wildman–Crippen MR) is 85.6 cm³/mol. The van der Waals surface area contributed by atoms with Crippen LogP contribution in [0, 0.1) is 13.8 Å². The van der Waals surface area contributed by atoms with Crippen molar-refractivity contribution in [2.24, 2.45) is 0 Å². The number of benzene rings is 1. The highest BCUT2D eigenvalue weighted by atomic mass is 16.5. The topological polar surface area (TPSA) is 90.0 Å². The highest BCUT2D eigenvalue weighted by molar-refractivity contribution is 6.04. The Bertz CT molecular complexity index is 936. The number of nitrogens with zero attached hydrogens (tertiary/aromatic N) is 3. The summed E-state index contributed by atoms with van der Waals surface area (Å²) in [5.41, 5.74) is 1.17. The molecule has 7 nitrogen and oxygen atoms in total. The minimum Gasteiger partial charge on any atom is -0.359 e. The first-order valence-electron chi connectivity index (χ1n) is 7.27. The molecular formula is C16H16N4O3. The molecule has 0 saturated heterocycles. The van der Waals surface area contributed by atoms with E-state index in [9.17, 15) is 9.59 Å². The SMILES string of the molecule is CCn1nc(C(=O)Nc2c(C)noc2C)c(=O)c2ccccc21. The van der Waals surface area contributed by atoms with E-state index < -0.39 is 11.3 Å². The Kier molecular flexibility index (Phi) is 3.69. The van der Waals surface area contributed by atoms with E-state index in [0.717, 1.165) is 0 Å². The van der Waals surface area contributed by atoms with E-state index in [4.69, 9.17) is 4.52 Å². The highest BCUT2D eigenvalue weighted by Gasteiger charge is 2.20. The van der Waals surface area contributed by atoms with Gasteiger partial charge in [0.2, 0.25) is 5.43 Å². The number of hydrogen-bond donors (Lipinski definition) is 1. The minimum atomic E-state index is -0.572. The molecule has 0 fully saturated rings. The predicted octanol–water partition coefficient (Wildman–Crippen LogP) is 2.27. The number of hydrogen-bond acceptors (Lipinski definition) is 5. The van der Waals surface area contributed by atoms with Crippen LogP contribution >= 0.6 is 0 Å². The van der Waals surface area contributed by atoms with Crippen molar-refractivity contribution in [1.82, 2.24) is 14.9 Å². The molecule has 2 heterocycles. The first kappa shape index (κ1) is 15.0. The number of aromatic nitrogens is 3. The zero-order valence-electron chi connectivity index (χ0n) is 13.1. The lowest BCUT2D eigenvalue weighted by Gasteiger charge is -2.10. The van der Waals surface area contributed by atoms with E-state index in [1.807, 2.05) is 19.1 Å². The first-order valence-corrected chi connectivity index (χ1v) is 7.27. The first-order chi connectivity index (χ1) is 11.0.